The van der Waals surface area contributed by atoms with Gasteiger partial charge in [-0.05, 0) is 43.3 Å². The van der Waals surface area contributed by atoms with Gasteiger partial charge in [-0.15, -0.1) is 0 Å². The number of hydrogen-bond acceptors (Lipinski definition) is 5. The van der Waals surface area contributed by atoms with Gasteiger partial charge in [-0.3, -0.25) is 0 Å². The normalized spacial score (nSPS) is 12.5. The Morgan fingerprint density at radius 1 is 1.21 bits per heavy atom. The number of carbonyl (C=O) groups excluding carboxylic acids is 1. The summed E-state index contributed by atoms with van der Waals surface area (Å²) in [5, 5.41) is 10.9. The van der Waals surface area contributed by atoms with Gasteiger partial charge < -0.3 is 14.3 Å². The highest BCUT2D eigenvalue weighted by atomic mass is 19.1. The molecule has 0 amide bonds. The van der Waals surface area contributed by atoms with Crippen molar-refractivity contribution >= 4 is 5.97 Å². The molecule has 142 valence electrons. The van der Waals surface area contributed by atoms with Gasteiger partial charge in [0.1, 0.15) is 11.6 Å². The maximum Gasteiger partial charge on any atom is 0.351 e. The molecule has 1 N–H and O–H groups in total. The van der Waals surface area contributed by atoms with Crippen molar-refractivity contribution in [1.29, 1.82) is 0 Å². The largest absolute Gasteiger partial charge is 0.463 e. The van der Waals surface area contributed by atoms with Gasteiger partial charge in [0.2, 0.25) is 11.5 Å². The minimum absolute atomic E-state index is 0.0883. The number of rotatable bonds is 5. The first-order valence-corrected chi connectivity index (χ1v) is 8.68. The molecule has 1 aromatic heterocycles. The van der Waals surface area contributed by atoms with E-state index in [4.69, 9.17) is 9.15 Å². The van der Waals surface area contributed by atoms with Crippen molar-refractivity contribution in [3.05, 3.63) is 77.9 Å². The van der Waals surface area contributed by atoms with E-state index in [0.29, 0.717) is 11.5 Å². The molecular weight excluding hydrogens is 361 g/mol. The van der Waals surface area contributed by atoms with Crippen LogP contribution in [0.25, 0.3) is 11.5 Å². The van der Waals surface area contributed by atoms with Crippen LogP contribution in [0.2, 0.25) is 0 Å². The van der Waals surface area contributed by atoms with Crippen molar-refractivity contribution < 1.29 is 23.4 Å². The van der Waals surface area contributed by atoms with Crippen molar-refractivity contribution in [3.8, 4) is 23.3 Å². The minimum Gasteiger partial charge on any atom is -0.463 e. The van der Waals surface area contributed by atoms with E-state index in [0.717, 1.165) is 5.56 Å². The summed E-state index contributed by atoms with van der Waals surface area (Å²) in [6, 6.07) is 14.6. The summed E-state index contributed by atoms with van der Waals surface area (Å²) in [7, 11) is 0. The Bertz CT molecular complexity index is 1000. The predicted molar refractivity (Wildman–Crippen MR) is 101 cm³/mol. The molecule has 28 heavy (non-hydrogen) atoms. The molecule has 1 atom stereocenters. The second-order valence-corrected chi connectivity index (χ2v) is 6.01. The molecule has 0 fully saturated rings. The Morgan fingerprint density at radius 3 is 2.61 bits per heavy atom. The summed E-state index contributed by atoms with van der Waals surface area (Å²) in [6.07, 6.45) is 1.20. The van der Waals surface area contributed by atoms with E-state index >= 15 is 0 Å². The molecule has 0 aliphatic rings. The number of oxazole rings is 1. The third kappa shape index (κ3) is 4.64. The second kappa shape index (κ2) is 8.51. The lowest BCUT2D eigenvalue weighted by Crippen LogP contribution is -2.41. The standard InChI is InChI=1S/C22H18FNO4/c1-2-27-21(25)22(26,13-12-16-8-10-18(23)11-9-16)14-19-15-24-20(28-19)17-6-4-3-5-7-17/h3-11,15,26H,2,14H2,1H3/t22-/m0/s1. The Morgan fingerprint density at radius 2 is 1.93 bits per heavy atom. The molecule has 0 unspecified atom stereocenters. The Hall–Kier alpha value is -3.43. The van der Waals surface area contributed by atoms with Gasteiger partial charge >= 0.3 is 5.97 Å². The number of benzene rings is 2. The Labute approximate surface area is 161 Å². The maximum absolute atomic E-state index is 13.0. The van der Waals surface area contributed by atoms with Crippen LogP contribution in [-0.4, -0.2) is 28.3 Å². The topological polar surface area (TPSA) is 72.6 Å². The van der Waals surface area contributed by atoms with Gasteiger partial charge in [0.15, 0.2) is 0 Å². The number of halogens is 1. The van der Waals surface area contributed by atoms with Crippen LogP contribution in [0.1, 0.15) is 18.2 Å². The first kappa shape index (κ1) is 19.3. The summed E-state index contributed by atoms with van der Waals surface area (Å²) in [5.41, 5.74) is -0.907. The van der Waals surface area contributed by atoms with Crippen molar-refractivity contribution in [2.75, 3.05) is 6.61 Å². The molecule has 3 aromatic rings. The van der Waals surface area contributed by atoms with Gasteiger partial charge in [-0.25, -0.2) is 14.2 Å². The fourth-order valence-electron chi connectivity index (χ4n) is 2.48. The Kier molecular flexibility index (Phi) is 5.87. The Balaban J connectivity index is 1.87. The van der Waals surface area contributed by atoms with E-state index < -0.39 is 17.4 Å². The zero-order chi connectivity index (χ0) is 20.0. The highest BCUT2D eigenvalue weighted by Crippen LogP contribution is 2.22. The zero-order valence-corrected chi connectivity index (χ0v) is 15.2. The highest BCUT2D eigenvalue weighted by Gasteiger charge is 2.37. The monoisotopic (exact) mass is 379 g/mol. The lowest BCUT2D eigenvalue weighted by molar-refractivity contribution is -0.159. The summed E-state index contributed by atoms with van der Waals surface area (Å²) >= 11 is 0. The molecule has 3 rings (SSSR count). The van der Waals surface area contributed by atoms with Crippen molar-refractivity contribution in [2.24, 2.45) is 0 Å². The number of hydrogen-bond donors (Lipinski definition) is 1. The molecule has 0 bridgehead atoms. The van der Waals surface area contributed by atoms with Crippen LogP contribution in [0.15, 0.2) is 65.2 Å². The van der Waals surface area contributed by atoms with Crippen LogP contribution < -0.4 is 0 Å². The summed E-state index contributed by atoms with van der Waals surface area (Å²) < 4.78 is 23.7. The number of carbonyl (C=O) groups is 1. The summed E-state index contributed by atoms with van der Waals surface area (Å²) in [4.78, 5) is 16.5. The summed E-state index contributed by atoms with van der Waals surface area (Å²) in [6.45, 7) is 1.72. The highest BCUT2D eigenvalue weighted by molar-refractivity contribution is 5.84. The van der Waals surface area contributed by atoms with Crippen molar-refractivity contribution in [2.45, 2.75) is 18.9 Å². The molecule has 0 radical (unpaired) electrons. The number of aliphatic hydroxyl groups is 1. The minimum atomic E-state index is -2.13. The zero-order valence-electron chi connectivity index (χ0n) is 15.2. The lowest BCUT2D eigenvalue weighted by Gasteiger charge is -2.18. The van der Waals surface area contributed by atoms with Crippen molar-refractivity contribution in [3.63, 3.8) is 0 Å². The van der Waals surface area contributed by atoms with Gasteiger partial charge in [-0.1, -0.05) is 30.0 Å². The van der Waals surface area contributed by atoms with E-state index in [-0.39, 0.29) is 18.8 Å². The van der Waals surface area contributed by atoms with E-state index in [1.165, 1.54) is 30.5 Å². The van der Waals surface area contributed by atoms with Crippen LogP contribution in [0, 0.1) is 17.7 Å². The quantitative estimate of drug-likeness (QED) is 0.544. The predicted octanol–water partition coefficient (Wildman–Crippen LogP) is 3.37. The van der Waals surface area contributed by atoms with Crippen LogP contribution in [0.4, 0.5) is 4.39 Å². The molecule has 0 spiro atoms. The van der Waals surface area contributed by atoms with Crippen LogP contribution in [0.3, 0.4) is 0 Å². The van der Waals surface area contributed by atoms with Crippen LogP contribution >= 0.6 is 0 Å². The lowest BCUT2D eigenvalue weighted by atomic mass is 9.98. The van der Waals surface area contributed by atoms with Gasteiger partial charge in [0, 0.05) is 11.1 Å². The van der Waals surface area contributed by atoms with Gasteiger partial charge in [-0.2, -0.15) is 0 Å². The van der Waals surface area contributed by atoms with E-state index in [2.05, 4.69) is 16.8 Å². The number of esters is 1. The molecule has 5 nitrogen and oxygen atoms in total. The second-order valence-electron chi connectivity index (χ2n) is 6.01. The molecule has 0 aliphatic heterocycles. The average Bonchev–Trinajstić information content (AvgIpc) is 3.17. The van der Waals surface area contributed by atoms with Crippen LogP contribution in [0.5, 0.6) is 0 Å². The molecule has 6 heteroatoms. The molecule has 2 aromatic carbocycles. The van der Waals surface area contributed by atoms with E-state index in [1.54, 1.807) is 6.92 Å². The van der Waals surface area contributed by atoms with Crippen molar-refractivity contribution in [1.82, 2.24) is 4.98 Å². The SMILES string of the molecule is CCOC(=O)[C@](O)(C#Cc1ccc(F)cc1)Cc1cnc(-c2ccccc2)o1. The molecule has 0 aliphatic carbocycles. The third-order valence-corrected chi connectivity index (χ3v) is 3.88. The number of ether oxygens (including phenoxy) is 1. The smallest absolute Gasteiger partial charge is 0.351 e. The average molecular weight is 379 g/mol. The van der Waals surface area contributed by atoms with E-state index in [1.807, 2.05) is 30.3 Å². The first-order valence-electron chi connectivity index (χ1n) is 8.68. The number of aromatic nitrogens is 1. The van der Waals surface area contributed by atoms with Gasteiger partial charge in [0.25, 0.3) is 0 Å². The fraction of sp³-hybridized carbons (Fsp3) is 0.182. The fourth-order valence-corrected chi connectivity index (χ4v) is 2.48. The molecule has 1 heterocycles. The molecular formula is C22H18FNO4. The molecule has 0 saturated heterocycles. The third-order valence-electron chi connectivity index (χ3n) is 3.88. The first-order chi connectivity index (χ1) is 13.5. The van der Waals surface area contributed by atoms with E-state index in [9.17, 15) is 14.3 Å². The number of nitrogens with zero attached hydrogens (tertiary/aromatic N) is 1. The van der Waals surface area contributed by atoms with Crippen LogP contribution in [-0.2, 0) is 16.0 Å². The maximum atomic E-state index is 13.0. The van der Waals surface area contributed by atoms with Gasteiger partial charge in [0.05, 0.1) is 19.2 Å². The summed E-state index contributed by atoms with van der Waals surface area (Å²) in [5.74, 6) is 4.58. The molecule has 0 saturated carbocycles.